The highest BCUT2D eigenvalue weighted by Crippen LogP contribution is 2.26. The van der Waals surface area contributed by atoms with Gasteiger partial charge in [0.1, 0.15) is 0 Å². The van der Waals surface area contributed by atoms with Crippen molar-refractivity contribution in [2.24, 2.45) is 11.8 Å². The van der Waals surface area contributed by atoms with E-state index >= 15 is 0 Å². The van der Waals surface area contributed by atoms with E-state index in [1.54, 1.807) is 0 Å². The van der Waals surface area contributed by atoms with Gasteiger partial charge in [0.2, 0.25) is 11.8 Å². The van der Waals surface area contributed by atoms with E-state index in [0.29, 0.717) is 26.3 Å². The molecule has 2 aliphatic heterocycles. The molecule has 2 heterocycles. The molecule has 0 aliphatic carbocycles. The maximum Gasteiger partial charge on any atom is 0.227 e. The van der Waals surface area contributed by atoms with Crippen molar-refractivity contribution in [1.82, 2.24) is 4.90 Å². The fourth-order valence-electron chi connectivity index (χ4n) is 3.36. The number of carbonyl (C=O) groups is 2. The third-order valence-electron chi connectivity index (χ3n) is 4.88. The summed E-state index contributed by atoms with van der Waals surface area (Å²) in [6.07, 6.45) is 3.10. The minimum absolute atomic E-state index is 0.0316. The second kappa shape index (κ2) is 8.12. The van der Waals surface area contributed by atoms with Crippen LogP contribution in [0, 0.1) is 11.8 Å². The lowest BCUT2D eigenvalue weighted by molar-refractivity contribution is -0.141. The zero-order chi connectivity index (χ0) is 16.9. The van der Waals surface area contributed by atoms with Crippen LogP contribution < -0.4 is 5.32 Å². The van der Waals surface area contributed by atoms with Gasteiger partial charge < -0.3 is 15.0 Å². The zero-order valence-corrected chi connectivity index (χ0v) is 15.3. The molecule has 0 spiro atoms. The molecule has 1 aromatic carbocycles. The van der Waals surface area contributed by atoms with Crippen LogP contribution in [0.1, 0.15) is 25.7 Å². The third-order valence-corrected chi connectivity index (χ3v) is 5.57. The van der Waals surface area contributed by atoms with Crippen molar-refractivity contribution in [2.75, 3.05) is 31.6 Å². The van der Waals surface area contributed by atoms with Crippen LogP contribution in [0.2, 0.25) is 0 Å². The Balaban J connectivity index is 1.50. The summed E-state index contributed by atoms with van der Waals surface area (Å²) in [5.74, 6) is 0.350. The van der Waals surface area contributed by atoms with Crippen molar-refractivity contribution in [1.29, 1.82) is 0 Å². The van der Waals surface area contributed by atoms with Gasteiger partial charge in [0, 0.05) is 42.6 Å². The number of anilines is 1. The molecule has 2 fully saturated rings. The molecule has 1 aromatic rings. The summed E-state index contributed by atoms with van der Waals surface area (Å²) in [5.41, 5.74) is 0.795. The molecular formula is C18H23BrN2O3. The first-order valence-corrected chi connectivity index (χ1v) is 9.36. The summed E-state index contributed by atoms with van der Waals surface area (Å²) in [7, 11) is 0. The molecule has 2 saturated heterocycles. The van der Waals surface area contributed by atoms with E-state index in [9.17, 15) is 9.59 Å². The molecule has 0 aromatic heterocycles. The molecule has 5 nitrogen and oxygen atoms in total. The summed E-state index contributed by atoms with van der Waals surface area (Å²) in [4.78, 5) is 26.9. The van der Waals surface area contributed by atoms with Gasteiger partial charge in [-0.2, -0.15) is 0 Å². The fraction of sp³-hybridized carbons (Fsp3) is 0.556. The molecular weight excluding hydrogens is 372 g/mol. The topological polar surface area (TPSA) is 58.6 Å². The van der Waals surface area contributed by atoms with Crippen molar-refractivity contribution >= 4 is 33.4 Å². The first-order valence-electron chi connectivity index (χ1n) is 8.57. The molecule has 0 atom stereocenters. The molecule has 6 heteroatoms. The lowest BCUT2D eigenvalue weighted by atomic mass is 9.93. The molecule has 0 unspecified atom stereocenters. The monoisotopic (exact) mass is 394 g/mol. The number of amides is 2. The van der Waals surface area contributed by atoms with Gasteiger partial charge in [0.05, 0.1) is 5.69 Å². The number of likely N-dealkylation sites (tertiary alicyclic amines) is 1. The van der Waals surface area contributed by atoms with Crippen molar-refractivity contribution < 1.29 is 14.3 Å². The van der Waals surface area contributed by atoms with E-state index in [1.165, 1.54) is 0 Å². The highest BCUT2D eigenvalue weighted by Gasteiger charge is 2.31. The SMILES string of the molecule is O=C(Nc1ccccc1Br)C1CCN(C(=O)C2CCOCC2)CC1. The van der Waals surface area contributed by atoms with E-state index in [2.05, 4.69) is 21.2 Å². The number of halogens is 1. The third kappa shape index (κ3) is 4.16. The lowest BCUT2D eigenvalue weighted by Gasteiger charge is -2.34. The number of benzene rings is 1. The number of para-hydroxylation sites is 1. The van der Waals surface area contributed by atoms with Crippen molar-refractivity contribution in [3.05, 3.63) is 28.7 Å². The summed E-state index contributed by atoms with van der Waals surface area (Å²) < 4.78 is 6.20. The van der Waals surface area contributed by atoms with Crippen LogP contribution in [-0.4, -0.2) is 43.0 Å². The molecule has 2 aliphatic rings. The molecule has 0 saturated carbocycles. The number of nitrogens with one attached hydrogen (secondary N) is 1. The smallest absolute Gasteiger partial charge is 0.227 e. The lowest BCUT2D eigenvalue weighted by Crippen LogP contribution is -2.45. The highest BCUT2D eigenvalue weighted by atomic mass is 79.9. The summed E-state index contributed by atoms with van der Waals surface area (Å²) in [6, 6.07) is 7.60. The summed E-state index contributed by atoms with van der Waals surface area (Å²) >= 11 is 3.44. The summed E-state index contributed by atoms with van der Waals surface area (Å²) in [5, 5.41) is 2.98. The van der Waals surface area contributed by atoms with Crippen molar-refractivity contribution in [3.63, 3.8) is 0 Å². The Bertz CT molecular complexity index is 594. The average Bonchev–Trinajstić information content (AvgIpc) is 2.64. The van der Waals surface area contributed by atoms with E-state index in [-0.39, 0.29) is 23.7 Å². The maximum atomic E-state index is 12.5. The molecule has 1 N–H and O–H groups in total. The molecule has 3 rings (SSSR count). The Morgan fingerprint density at radius 1 is 1.04 bits per heavy atom. The second-order valence-corrected chi connectivity index (χ2v) is 7.31. The van der Waals surface area contributed by atoms with E-state index in [1.807, 2.05) is 29.2 Å². The van der Waals surface area contributed by atoms with Crippen LogP contribution in [-0.2, 0) is 14.3 Å². The number of carbonyl (C=O) groups excluding carboxylic acids is 2. The predicted molar refractivity (Wildman–Crippen MR) is 95.6 cm³/mol. The maximum absolute atomic E-state index is 12.5. The number of hydrogen-bond acceptors (Lipinski definition) is 3. The Labute approximate surface area is 150 Å². The Morgan fingerprint density at radius 3 is 2.38 bits per heavy atom. The number of piperidine rings is 1. The Morgan fingerprint density at radius 2 is 1.71 bits per heavy atom. The van der Waals surface area contributed by atoms with Gasteiger partial charge in [0.25, 0.3) is 0 Å². The van der Waals surface area contributed by atoms with Crippen LogP contribution >= 0.6 is 15.9 Å². The minimum atomic E-state index is -0.0316. The summed E-state index contributed by atoms with van der Waals surface area (Å²) in [6.45, 7) is 2.71. The molecule has 2 amide bonds. The number of hydrogen-bond donors (Lipinski definition) is 1. The van der Waals surface area contributed by atoms with Gasteiger partial charge in [-0.25, -0.2) is 0 Å². The molecule has 130 valence electrons. The van der Waals surface area contributed by atoms with Gasteiger partial charge in [-0.15, -0.1) is 0 Å². The van der Waals surface area contributed by atoms with Crippen LogP contribution in [0.4, 0.5) is 5.69 Å². The fourth-order valence-corrected chi connectivity index (χ4v) is 3.75. The van der Waals surface area contributed by atoms with Crippen LogP contribution in [0.3, 0.4) is 0 Å². The first kappa shape index (κ1) is 17.4. The predicted octanol–water partition coefficient (Wildman–Crippen LogP) is 3.05. The largest absolute Gasteiger partial charge is 0.381 e. The van der Waals surface area contributed by atoms with Crippen molar-refractivity contribution in [2.45, 2.75) is 25.7 Å². The van der Waals surface area contributed by atoms with Gasteiger partial charge in [-0.1, -0.05) is 12.1 Å². The van der Waals surface area contributed by atoms with Crippen LogP contribution in [0.25, 0.3) is 0 Å². The first-order chi connectivity index (χ1) is 11.6. The highest BCUT2D eigenvalue weighted by molar-refractivity contribution is 9.10. The normalized spacial score (nSPS) is 20.0. The molecule has 0 radical (unpaired) electrons. The standard InChI is InChI=1S/C18H23BrN2O3/c19-15-3-1-2-4-16(15)20-17(22)13-5-9-21(10-6-13)18(23)14-7-11-24-12-8-14/h1-4,13-14H,5-12H2,(H,20,22). The van der Waals surface area contributed by atoms with Gasteiger partial charge in [-0.05, 0) is 53.7 Å². The van der Waals surface area contributed by atoms with Gasteiger partial charge in [0.15, 0.2) is 0 Å². The van der Waals surface area contributed by atoms with E-state index < -0.39 is 0 Å². The Hall–Kier alpha value is -1.40. The van der Waals surface area contributed by atoms with E-state index in [4.69, 9.17) is 4.74 Å². The molecule has 0 bridgehead atoms. The van der Waals surface area contributed by atoms with Crippen LogP contribution in [0.15, 0.2) is 28.7 Å². The van der Waals surface area contributed by atoms with E-state index in [0.717, 1.165) is 35.8 Å². The number of nitrogens with zero attached hydrogens (tertiary/aromatic N) is 1. The quantitative estimate of drug-likeness (QED) is 0.856. The molecule has 24 heavy (non-hydrogen) atoms. The average molecular weight is 395 g/mol. The van der Waals surface area contributed by atoms with Crippen molar-refractivity contribution in [3.8, 4) is 0 Å². The van der Waals surface area contributed by atoms with Gasteiger partial charge >= 0.3 is 0 Å². The second-order valence-electron chi connectivity index (χ2n) is 6.46. The zero-order valence-electron chi connectivity index (χ0n) is 13.7. The van der Waals surface area contributed by atoms with Gasteiger partial charge in [-0.3, -0.25) is 9.59 Å². The minimum Gasteiger partial charge on any atom is -0.381 e. The Kier molecular flexibility index (Phi) is 5.89. The number of ether oxygens (including phenoxy) is 1. The van der Waals surface area contributed by atoms with Crippen LogP contribution in [0.5, 0.6) is 0 Å². The number of rotatable bonds is 3.